The van der Waals surface area contributed by atoms with Gasteiger partial charge >= 0.3 is 0 Å². The summed E-state index contributed by atoms with van der Waals surface area (Å²) in [5, 5.41) is 0. The van der Waals surface area contributed by atoms with Crippen molar-refractivity contribution in [1.29, 1.82) is 0 Å². The number of aromatic nitrogens is 1. The molecular formula is C13H19BrN2O. The Kier molecular flexibility index (Phi) is 3.61. The highest BCUT2D eigenvalue weighted by molar-refractivity contribution is 9.10. The van der Waals surface area contributed by atoms with Crippen LogP contribution in [0, 0.1) is 13.8 Å². The lowest BCUT2D eigenvalue weighted by molar-refractivity contribution is 0.572. The minimum absolute atomic E-state index is 0.139. The van der Waals surface area contributed by atoms with Crippen LogP contribution in [0.3, 0.4) is 0 Å². The smallest absolute Gasteiger partial charge is 0.219 e. The van der Waals surface area contributed by atoms with Gasteiger partial charge in [0.2, 0.25) is 5.43 Å². The summed E-state index contributed by atoms with van der Waals surface area (Å²) in [5.41, 5.74) is 3.08. The highest BCUT2D eigenvalue weighted by atomic mass is 79.9. The molecule has 0 N–H and O–H groups in total. The van der Waals surface area contributed by atoms with E-state index in [1.807, 2.05) is 20.9 Å². The van der Waals surface area contributed by atoms with Crippen molar-refractivity contribution in [3.63, 3.8) is 0 Å². The van der Waals surface area contributed by atoms with Gasteiger partial charge in [-0.05, 0) is 49.0 Å². The number of rotatable bonds is 1. The van der Waals surface area contributed by atoms with Crippen molar-refractivity contribution in [2.75, 3.05) is 18.0 Å². The monoisotopic (exact) mass is 298 g/mol. The second-order valence-electron chi connectivity index (χ2n) is 4.77. The van der Waals surface area contributed by atoms with E-state index in [-0.39, 0.29) is 5.43 Å². The summed E-state index contributed by atoms with van der Waals surface area (Å²) in [4.78, 5) is 14.6. The quantitative estimate of drug-likeness (QED) is 0.796. The van der Waals surface area contributed by atoms with Crippen molar-refractivity contribution in [2.24, 2.45) is 7.05 Å². The van der Waals surface area contributed by atoms with Crippen LogP contribution < -0.4 is 10.3 Å². The van der Waals surface area contributed by atoms with E-state index in [0.717, 1.165) is 30.2 Å². The average molecular weight is 299 g/mol. The van der Waals surface area contributed by atoms with Crippen molar-refractivity contribution in [1.82, 2.24) is 4.57 Å². The first-order valence-corrected chi connectivity index (χ1v) is 6.94. The van der Waals surface area contributed by atoms with Crippen molar-refractivity contribution in [3.8, 4) is 0 Å². The number of pyridine rings is 1. The van der Waals surface area contributed by atoms with Gasteiger partial charge in [-0.1, -0.05) is 0 Å². The molecule has 0 atom stereocenters. The summed E-state index contributed by atoms with van der Waals surface area (Å²) >= 11 is 3.42. The van der Waals surface area contributed by atoms with E-state index in [2.05, 4.69) is 25.4 Å². The lowest BCUT2D eigenvalue weighted by atomic mass is 10.1. The maximum atomic E-state index is 12.4. The van der Waals surface area contributed by atoms with E-state index in [4.69, 9.17) is 0 Å². The second kappa shape index (κ2) is 4.84. The van der Waals surface area contributed by atoms with Crippen molar-refractivity contribution < 1.29 is 0 Å². The van der Waals surface area contributed by atoms with Crippen LogP contribution in [0.5, 0.6) is 0 Å². The zero-order chi connectivity index (χ0) is 12.6. The molecule has 0 unspecified atom stereocenters. The van der Waals surface area contributed by atoms with E-state index in [9.17, 15) is 4.79 Å². The molecule has 0 amide bonds. The first kappa shape index (κ1) is 12.7. The Morgan fingerprint density at radius 3 is 2.24 bits per heavy atom. The number of hydrogen-bond acceptors (Lipinski definition) is 2. The third-order valence-corrected chi connectivity index (χ3v) is 4.69. The Morgan fingerprint density at radius 2 is 1.65 bits per heavy atom. The predicted molar refractivity (Wildman–Crippen MR) is 74.9 cm³/mol. The minimum Gasteiger partial charge on any atom is -0.367 e. The van der Waals surface area contributed by atoms with Crippen LogP contribution in [0.25, 0.3) is 0 Å². The van der Waals surface area contributed by atoms with E-state index >= 15 is 0 Å². The normalized spacial score (nSPS) is 16.4. The van der Waals surface area contributed by atoms with Crippen LogP contribution >= 0.6 is 15.9 Å². The molecule has 1 aromatic rings. The Morgan fingerprint density at radius 1 is 1.06 bits per heavy atom. The van der Waals surface area contributed by atoms with Crippen LogP contribution in [-0.2, 0) is 7.05 Å². The third kappa shape index (κ3) is 2.15. The first-order valence-electron chi connectivity index (χ1n) is 6.14. The fourth-order valence-electron chi connectivity index (χ4n) is 2.48. The van der Waals surface area contributed by atoms with Crippen LogP contribution in [0.4, 0.5) is 5.69 Å². The number of hydrogen-bond donors (Lipinski definition) is 0. The van der Waals surface area contributed by atoms with Gasteiger partial charge in [-0.15, -0.1) is 0 Å². The SMILES string of the molecule is Cc1c(Br)c(=O)c(N2CCCCC2)c(C)n1C. The highest BCUT2D eigenvalue weighted by Crippen LogP contribution is 2.24. The lowest BCUT2D eigenvalue weighted by Gasteiger charge is -2.30. The fraction of sp³-hybridized carbons (Fsp3) is 0.615. The van der Waals surface area contributed by atoms with Crippen LogP contribution in [-0.4, -0.2) is 17.7 Å². The summed E-state index contributed by atoms with van der Waals surface area (Å²) in [5.74, 6) is 0. The average Bonchev–Trinajstić information content (AvgIpc) is 2.36. The number of halogens is 1. The molecule has 94 valence electrons. The molecule has 1 saturated heterocycles. The molecule has 1 aliphatic heterocycles. The molecule has 2 rings (SSSR count). The van der Waals surface area contributed by atoms with Crippen LogP contribution in [0.15, 0.2) is 9.27 Å². The zero-order valence-corrected chi connectivity index (χ0v) is 12.3. The molecule has 4 heteroatoms. The van der Waals surface area contributed by atoms with E-state index in [1.165, 1.54) is 19.3 Å². The third-order valence-electron chi connectivity index (χ3n) is 3.75. The standard InChI is InChI=1S/C13H19BrN2O/c1-9-11(14)13(17)12(10(2)15(9)3)16-7-5-4-6-8-16/h4-8H2,1-3H3. The van der Waals surface area contributed by atoms with Gasteiger partial charge in [0.15, 0.2) is 0 Å². The van der Waals surface area contributed by atoms with Gasteiger partial charge < -0.3 is 9.47 Å². The summed E-state index contributed by atoms with van der Waals surface area (Å²) < 4.78 is 2.79. The van der Waals surface area contributed by atoms with Gasteiger partial charge in [0.1, 0.15) is 5.69 Å². The van der Waals surface area contributed by atoms with Crippen molar-refractivity contribution in [3.05, 3.63) is 26.1 Å². The number of piperidine rings is 1. The lowest BCUT2D eigenvalue weighted by Crippen LogP contribution is -2.35. The molecule has 17 heavy (non-hydrogen) atoms. The van der Waals surface area contributed by atoms with Gasteiger partial charge in [0.25, 0.3) is 0 Å². The Balaban J connectivity index is 2.56. The van der Waals surface area contributed by atoms with E-state index in [1.54, 1.807) is 0 Å². The molecule has 0 aromatic carbocycles. The van der Waals surface area contributed by atoms with E-state index in [0.29, 0.717) is 4.47 Å². The molecule has 2 heterocycles. The molecule has 0 saturated carbocycles. The molecule has 0 bridgehead atoms. The first-order chi connectivity index (χ1) is 8.04. The van der Waals surface area contributed by atoms with Crippen LogP contribution in [0.1, 0.15) is 30.7 Å². The van der Waals surface area contributed by atoms with Crippen LogP contribution in [0.2, 0.25) is 0 Å². The zero-order valence-electron chi connectivity index (χ0n) is 10.7. The van der Waals surface area contributed by atoms with Gasteiger partial charge in [0, 0.05) is 31.5 Å². The van der Waals surface area contributed by atoms with Gasteiger partial charge in [-0.3, -0.25) is 4.79 Å². The summed E-state index contributed by atoms with van der Waals surface area (Å²) in [6.07, 6.45) is 3.66. The molecular weight excluding hydrogens is 280 g/mol. The minimum atomic E-state index is 0.139. The summed E-state index contributed by atoms with van der Waals surface area (Å²) in [7, 11) is 2.02. The van der Waals surface area contributed by atoms with Gasteiger partial charge in [-0.25, -0.2) is 0 Å². The number of anilines is 1. The van der Waals surface area contributed by atoms with Gasteiger partial charge in [0.05, 0.1) is 4.47 Å². The second-order valence-corrected chi connectivity index (χ2v) is 5.56. The van der Waals surface area contributed by atoms with Gasteiger partial charge in [-0.2, -0.15) is 0 Å². The maximum absolute atomic E-state index is 12.4. The Bertz CT molecular complexity index is 487. The fourth-order valence-corrected chi connectivity index (χ4v) is 2.93. The molecule has 0 radical (unpaired) electrons. The highest BCUT2D eigenvalue weighted by Gasteiger charge is 2.20. The summed E-state index contributed by atoms with van der Waals surface area (Å²) in [6, 6.07) is 0. The molecule has 0 aliphatic carbocycles. The Labute approximate surface area is 111 Å². The molecule has 3 nitrogen and oxygen atoms in total. The predicted octanol–water partition coefficient (Wildman–Crippen LogP) is 2.75. The Hall–Kier alpha value is -0.770. The van der Waals surface area contributed by atoms with Crippen molar-refractivity contribution >= 4 is 21.6 Å². The number of nitrogens with zero attached hydrogens (tertiary/aromatic N) is 2. The summed E-state index contributed by atoms with van der Waals surface area (Å²) in [6.45, 7) is 6.01. The maximum Gasteiger partial charge on any atom is 0.219 e. The van der Waals surface area contributed by atoms with Crippen molar-refractivity contribution in [2.45, 2.75) is 33.1 Å². The molecule has 1 aromatic heterocycles. The molecule has 0 spiro atoms. The molecule has 1 fully saturated rings. The molecule has 1 aliphatic rings. The topological polar surface area (TPSA) is 25.2 Å². The van der Waals surface area contributed by atoms with E-state index < -0.39 is 0 Å². The largest absolute Gasteiger partial charge is 0.367 e.